The van der Waals surface area contributed by atoms with Crippen molar-refractivity contribution in [1.29, 1.82) is 0 Å². The molecule has 0 N–H and O–H groups in total. The van der Waals surface area contributed by atoms with Gasteiger partial charge < -0.3 is 23.4 Å². The van der Waals surface area contributed by atoms with E-state index in [1.807, 2.05) is 13.8 Å². The first-order valence-electron chi connectivity index (χ1n) is 7.57. The Hall–Kier alpha value is -0.273. The van der Waals surface area contributed by atoms with Crippen LogP contribution in [0.5, 0.6) is 0 Å². The highest BCUT2D eigenvalue weighted by Crippen LogP contribution is 2.41. The quantitative estimate of drug-likeness (QED) is 0.589. The molecule has 6 heteroatoms. The zero-order chi connectivity index (χ0) is 16.1. The van der Waals surface area contributed by atoms with Gasteiger partial charge in [-0.1, -0.05) is 20.8 Å². The molecule has 0 aromatic heterocycles. The van der Waals surface area contributed by atoms with Gasteiger partial charge in [-0.25, -0.2) is 0 Å². The van der Waals surface area contributed by atoms with Crippen molar-refractivity contribution in [3.63, 3.8) is 0 Å². The van der Waals surface area contributed by atoms with Crippen LogP contribution < -0.4 is 0 Å². The van der Waals surface area contributed by atoms with Crippen LogP contribution in [0.3, 0.4) is 0 Å². The van der Waals surface area contributed by atoms with Crippen molar-refractivity contribution in [3.05, 3.63) is 0 Å². The van der Waals surface area contributed by atoms with E-state index in [1.54, 1.807) is 0 Å². The van der Waals surface area contributed by atoms with Crippen LogP contribution in [0.2, 0.25) is 18.1 Å². The predicted molar refractivity (Wildman–Crippen MR) is 81.4 cm³/mol. The molecule has 0 aromatic carbocycles. The van der Waals surface area contributed by atoms with Gasteiger partial charge in [0.1, 0.15) is 12.4 Å². The van der Waals surface area contributed by atoms with Crippen molar-refractivity contribution < 1.29 is 23.4 Å². The lowest BCUT2D eigenvalue weighted by Crippen LogP contribution is -2.44. The molecule has 0 aromatic rings. The number of hydrogen-bond acceptors (Lipinski definition) is 5. The monoisotopic (exact) mass is 316 g/mol. The summed E-state index contributed by atoms with van der Waals surface area (Å²) in [7, 11) is -1.86. The van der Waals surface area contributed by atoms with Crippen LogP contribution in [0.1, 0.15) is 34.6 Å². The van der Waals surface area contributed by atoms with Crippen LogP contribution in [0, 0.1) is 5.92 Å². The van der Waals surface area contributed by atoms with Gasteiger partial charge >= 0.3 is 0 Å². The molecule has 2 aliphatic rings. The Morgan fingerprint density at radius 1 is 1.24 bits per heavy atom. The zero-order valence-corrected chi connectivity index (χ0v) is 15.1. The van der Waals surface area contributed by atoms with Gasteiger partial charge in [-0.3, -0.25) is 0 Å². The number of hydrogen-bond donors (Lipinski definition) is 0. The Morgan fingerprint density at radius 2 is 1.86 bits per heavy atom. The molecule has 0 spiro atoms. The molecule has 0 unspecified atom stereocenters. The molecule has 4 atom stereocenters. The van der Waals surface area contributed by atoms with Crippen molar-refractivity contribution in [2.24, 2.45) is 5.92 Å². The summed E-state index contributed by atoms with van der Waals surface area (Å²) in [5, 5.41) is 0.132. The van der Waals surface area contributed by atoms with Crippen LogP contribution in [-0.4, -0.2) is 45.5 Å². The standard InChI is InChI=1S/C15H28O5Si/c1-14(2,3)21(6,7)17-9-11-10(8-16)12-13(18-11)20-15(4,5)19-12/h8,10-13H,9H2,1-7H3/t10-,11-,12-,13-/m1/s1. The summed E-state index contributed by atoms with van der Waals surface area (Å²) in [5.74, 6) is -1.02. The number of rotatable bonds is 4. The minimum atomic E-state index is -1.86. The second kappa shape index (κ2) is 5.42. The molecule has 0 bridgehead atoms. The zero-order valence-electron chi connectivity index (χ0n) is 14.1. The molecule has 0 saturated carbocycles. The Morgan fingerprint density at radius 3 is 2.38 bits per heavy atom. The third kappa shape index (κ3) is 3.40. The molecule has 5 nitrogen and oxygen atoms in total. The van der Waals surface area contributed by atoms with Crippen molar-refractivity contribution in [3.8, 4) is 0 Å². The minimum absolute atomic E-state index is 0.132. The average molecular weight is 316 g/mol. The highest BCUT2D eigenvalue weighted by Gasteiger charge is 2.55. The summed E-state index contributed by atoms with van der Waals surface area (Å²) >= 11 is 0. The lowest BCUT2D eigenvalue weighted by atomic mass is 10.0. The highest BCUT2D eigenvalue weighted by molar-refractivity contribution is 6.74. The lowest BCUT2D eigenvalue weighted by molar-refractivity contribution is -0.211. The van der Waals surface area contributed by atoms with Gasteiger partial charge in [0.2, 0.25) is 0 Å². The molecule has 2 rings (SSSR count). The number of carbonyl (C=O) groups is 1. The second-order valence-corrected chi connectivity index (χ2v) is 12.7. The average Bonchev–Trinajstić information content (AvgIpc) is 2.76. The van der Waals surface area contributed by atoms with Crippen LogP contribution in [-0.2, 0) is 23.4 Å². The van der Waals surface area contributed by atoms with E-state index in [-0.39, 0.29) is 23.2 Å². The molecule has 2 heterocycles. The first kappa shape index (κ1) is 17.1. The largest absolute Gasteiger partial charge is 0.414 e. The SMILES string of the molecule is CC1(C)O[C@H]2O[C@H](CO[Si](C)(C)C(C)(C)C)[C@@H](C=O)[C@H]2O1. The fraction of sp³-hybridized carbons (Fsp3) is 0.933. The van der Waals surface area contributed by atoms with Crippen LogP contribution >= 0.6 is 0 Å². The predicted octanol–water partition coefficient (Wildman–Crippen LogP) is 2.70. The normalized spacial score (nSPS) is 35.8. The Bertz CT molecular complexity index is 401. The van der Waals surface area contributed by atoms with Crippen LogP contribution in [0.25, 0.3) is 0 Å². The molecule has 2 saturated heterocycles. The number of fused-ring (bicyclic) bond motifs is 1. The maximum Gasteiger partial charge on any atom is 0.192 e. The summed E-state index contributed by atoms with van der Waals surface area (Å²) in [4.78, 5) is 11.4. The molecule has 0 aliphatic carbocycles. The number of aldehydes is 1. The molecule has 122 valence electrons. The summed E-state index contributed by atoms with van der Waals surface area (Å²) < 4.78 is 23.5. The van der Waals surface area contributed by atoms with Gasteiger partial charge in [0.25, 0.3) is 0 Å². The second-order valence-electron chi connectivity index (χ2n) is 7.93. The van der Waals surface area contributed by atoms with E-state index in [0.717, 1.165) is 6.29 Å². The smallest absolute Gasteiger partial charge is 0.192 e. The van der Waals surface area contributed by atoms with Gasteiger partial charge in [0.15, 0.2) is 20.4 Å². The first-order chi connectivity index (χ1) is 9.47. The summed E-state index contributed by atoms with van der Waals surface area (Å²) in [6.07, 6.45) is -0.175. The maximum atomic E-state index is 11.4. The number of carbonyl (C=O) groups excluding carboxylic acids is 1. The van der Waals surface area contributed by atoms with Crippen LogP contribution in [0.4, 0.5) is 0 Å². The van der Waals surface area contributed by atoms with E-state index in [1.165, 1.54) is 0 Å². The third-order valence-corrected chi connectivity index (χ3v) is 9.28. The fourth-order valence-electron chi connectivity index (χ4n) is 2.42. The van der Waals surface area contributed by atoms with E-state index in [9.17, 15) is 4.79 Å². The molecule has 0 amide bonds. The van der Waals surface area contributed by atoms with Gasteiger partial charge in [0, 0.05) is 0 Å². The molecule has 2 fully saturated rings. The van der Waals surface area contributed by atoms with E-state index in [0.29, 0.717) is 6.61 Å². The molecular formula is C15H28O5Si. The molecular weight excluding hydrogens is 288 g/mol. The Labute approximate surface area is 128 Å². The lowest BCUT2D eigenvalue weighted by Gasteiger charge is -2.37. The molecule has 21 heavy (non-hydrogen) atoms. The first-order valence-corrected chi connectivity index (χ1v) is 10.5. The summed E-state index contributed by atoms with van der Waals surface area (Å²) in [6.45, 7) is 15.0. The van der Waals surface area contributed by atoms with Gasteiger partial charge in [0.05, 0.1) is 18.6 Å². The van der Waals surface area contributed by atoms with Crippen molar-refractivity contribution in [2.75, 3.05) is 6.61 Å². The highest BCUT2D eigenvalue weighted by atomic mass is 28.4. The molecule has 0 radical (unpaired) electrons. The topological polar surface area (TPSA) is 54.0 Å². The Kier molecular flexibility index (Phi) is 4.41. The van der Waals surface area contributed by atoms with Crippen molar-refractivity contribution in [2.45, 2.75) is 77.0 Å². The molecule has 2 aliphatic heterocycles. The maximum absolute atomic E-state index is 11.4. The fourth-order valence-corrected chi connectivity index (χ4v) is 3.43. The van der Waals surface area contributed by atoms with E-state index >= 15 is 0 Å². The van der Waals surface area contributed by atoms with E-state index in [4.69, 9.17) is 18.6 Å². The number of ether oxygens (including phenoxy) is 3. The van der Waals surface area contributed by atoms with Gasteiger partial charge in [-0.2, -0.15) is 0 Å². The minimum Gasteiger partial charge on any atom is -0.414 e. The Balaban J connectivity index is 1.99. The van der Waals surface area contributed by atoms with Crippen molar-refractivity contribution in [1.82, 2.24) is 0 Å². The van der Waals surface area contributed by atoms with Gasteiger partial charge in [-0.05, 0) is 32.0 Å². The van der Waals surface area contributed by atoms with Crippen LogP contribution in [0.15, 0.2) is 0 Å². The van der Waals surface area contributed by atoms with Gasteiger partial charge in [-0.15, -0.1) is 0 Å². The third-order valence-electron chi connectivity index (χ3n) is 4.78. The van der Waals surface area contributed by atoms with E-state index in [2.05, 4.69) is 33.9 Å². The summed E-state index contributed by atoms with van der Waals surface area (Å²) in [6, 6.07) is 0. The summed E-state index contributed by atoms with van der Waals surface area (Å²) in [5.41, 5.74) is 0. The van der Waals surface area contributed by atoms with Crippen molar-refractivity contribution >= 4 is 14.6 Å². The van der Waals surface area contributed by atoms with E-state index < -0.39 is 20.4 Å².